The molecule has 6 nitrogen and oxygen atoms in total. The summed E-state index contributed by atoms with van der Waals surface area (Å²) in [4.78, 5) is 23.9. The highest BCUT2D eigenvalue weighted by molar-refractivity contribution is 7.80. The summed E-state index contributed by atoms with van der Waals surface area (Å²) in [5, 5.41) is 5.76. The van der Waals surface area contributed by atoms with Gasteiger partial charge in [0.25, 0.3) is 0 Å². The number of carbonyl (C=O) groups excluding carboxylic acids is 2. The number of hydrogen-bond acceptors (Lipinski definition) is 5. The van der Waals surface area contributed by atoms with Gasteiger partial charge in [-0.3, -0.25) is 9.59 Å². The summed E-state index contributed by atoms with van der Waals surface area (Å²) in [5.74, 6) is 0.887. The third kappa shape index (κ3) is 9.91. The van der Waals surface area contributed by atoms with Crippen LogP contribution in [0, 0.1) is 5.92 Å². The highest BCUT2D eigenvalue weighted by atomic mass is 32.1. The van der Waals surface area contributed by atoms with Crippen LogP contribution in [0.2, 0.25) is 0 Å². The van der Waals surface area contributed by atoms with Crippen molar-refractivity contribution in [1.29, 1.82) is 0 Å². The molecule has 0 radical (unpaired) electrons. The highest BCUT2D eigenvalue weighted by Crippen LogP contribution is 2.26. The Morgan fingerprint density at radius 3 is 2.38 bits per heavy atom. The molecular formula is C27H34N2O4S. The number of anilines is 1. The van der Waals surface area contributed by atoms with E-state index in [-0.39, 0.29) is 23.9 Å². The average molecular weight is 483 g/mol. The first kappa shape index (κ1) is 25.7. The van der Waals surface area contributed by atoms with E-state index in [4.69, 9.17) is 21.7 Å². The van der Waals surface area contributed by atoms with Gasteiger partial charge in [0.05, 0.1) is 19.6 Å². The zero-order valence-corrected chi connectivity index (χ0v) is 20.4. The molecule has 0 aromatic heterocycles. The normalized spacial score (nSPS) is 13.6. The number of nitrogens with one attached hydrogen (secondary N) is 2. The molecule has 182 valence electrons. The smallest absolute Gasteiger partial charge is 0.306 e. The summed E-state index contributed by atoms with van der Waals surface area (Å²) >= 11 is 5.20. The fourth-order valence-corrected chi connectivity index (χ4v) is 4.25. The molecule has 1 aliphatic rings. The number of rotatable bonds is 11. The lowest BCUT2D eigenvalue weighted by Gasteiger charge is -2.21. The topological polar surface area (TPSA) is 76.7 Å². The molecule has 7 heteroatoms. The van der Waals surface area contributed by atoms with E-state index in [0.717, 1.165) is 35.9 Å². The number of hydrogen-bond donors (Lipinski definition) is 2. The Hall–Kier alpha value is -2.93. The van der Waals surface area contributed by atoms with Crippen LogP contribution >= 0.6 is 12.2 Å². The number of ether oxygens (including phenoxy) is 2. The zero-order chi connectivity index (χ0) is 24.0. The van der Waals surface area contributed by atoms with Gasteiger partial charge in [0, 0.05) is 18.5 Å². The number of esters is 1. The van der Waals surface area contributed by atoms with Gasteiger partial charge in [0.2, 0.25) is 5.91 Å². The van der Waals surface area contributed by atoms with E-state index in [9.17, 15) is 9.59 Å². The van der Waals surface area contributed by atoms with Gasteiger partial charge in [0.15, 0.2) is 5.11 Å². The molecule has 1 saturated carbocycles. The zero-order valence-electron chi connectivity index (χ0n) is 19.6. The molecule has 0 spiro atoms. The lowest BCUT2D eigenvalue weighted by atomic mass is 9.87. The lowest BCUT2D eigenvalue weighted by Crippen LogP contribution is -2.34. The molecule has 2 aromatic rings. The van der Waals surface area contributed by atoms with Crippen LogP contribution < -0.4 is 15.4 Å². The van der Waals surface area contributed by atoms with Crippen molar-refractivity contribution in [3.05, 3.63) is 60.2 Å². The van der Waals surface area contributed by atoms with Gasteiger partial charge in [-0.25, -0.2) is 0 Å². The second-order valence-corrected chi connectivity index (χ2v) is 9.03. The van der Waals surface area contributed by atoms with E-state index in [1.165, 1.54) is 32.1 Å². The molecule has 3 rings (SSSR count). The second kappa shape index (κ2) is 14.4. The van der Waals surface area contributed by atoms with Gasteiger partial charge in [-0.05, 0) is 54.4 Å². The highest BCUT2D eigenvalue weighted by Gasteiger charge is 2.13. The first-order valence-corrected chi connectivity index (χ1v) is 12.5. The van der Waals surface area contributed by atoms with Crippen molar-refractivity contribution < 1.29 is 19.1 Å². The Labute approximate surface area is 207 Å². The summed E-state index contributed by atoms with van der Waals surface area (Å²) in [6.07, 6.45) is 8.50. The summed E-state index contributed by atoms with van der Waals surface area (Å²) in [5.41, 5.74) is 1.86. The molecule has 0 bridgehead atoms. The van der Waals surface area contributed by atoms with Crippen LogP contribution in [0.3, 0.4) is 0 Å². The van der Waals surface area contributed by atoms with Gasteiger partial charge in [-0.1, -0.05) is 62.4 Å². The molecule has 1 amide bonds. The number of amides is 1. The number of thiocarbonyl (C=S) groups is 1. The standard InChI is InChI=1S/C27H34N2O4S/c30-25(15-16-26(31)33-20-18-22-9-5-2-6-10-22)29-27(34)28-23-11-13-24(14-12-23)32-19-17-21-7-3-1-4-8-21/h2,5-6,9-14,21H,1,3-4,7-8,15-20H2,(H2,28,29,30,34). The van der Waals surface area contributed by atoms with Crippen LogP contribution in [-0.2, 0) is 20.7 Å². The Morgan fingerprint density at radius 2 is 1.65 bits per heavy atom. The SMILES string of the molecule is O=C(CCC(=O)OCCc1ccccc1)NC(=S)Nc1ccc(OCCC2CCCCC2)cc1. The molecule has 2 N–H and O–H groups in total. The number of benzene rings is 2. The van der Waals surface area contributed by atoms with Crippen molar-refractivity contribution in [2.75, 3.05) is 18.5 Å². The molecule has 1 aliphatic carbocycles. The first-order valence-electron chi connectivity index (χ1n) is 12.1. The van der Waals surface area contributed by atoms with Crippen molar-refractivity contribution in [2.24, 2.45) is 5.92 Å². The molecule has 0 unspecified atom stereocenters. The van der Waals surface area contributed by atoms with E-state index in [1.807, 2.05) is 54.6 Å². The molecule has 1 fully saturated rings. The monoisotopic (exact) mass is 482 g/mol. The molecule has 0 heterocycles. The first-order chi connectivity index (χ1) is 16.6. The molecule has 0 saturated heterocycles. The van der Waals surface area contributed by atoms with Gasteiger partial charge in [-0.15, -0.1) is 0 Å². The molecule has 34 heavy (non-hydrogen) atoms. The van der Waals surface area contributed by atoms with E-state index in [1.54, 1.807) is 0 Å². The van der Waals surface area contributed by atoms with Crippen LogP contribution in [0.25, 0.3) is 0 Å². The minimum Gasteiger partial charge on any atom is -0.494 e. The van der Waals surface area contributed by atoms with Crippen LogP contribution in [0.4, 0.5) is 5.69 Å². The van der Waals surface area contributed by atoms with Crippen molar-refractivity contribution in [3.63, 3.8) is 0 Å². The molecular weight excluding hydrogens is 448 g/mol. The van der Waals surface area contributed by atoms with E-state index in [2.05, 4.69) is 10.6 Å². The van der Waals surface area contributed by atoms with Crippen LogP contribution in [0.15, 0.2) is 54.6 Å². The largest absolute Gasteiger partial charge is 0.494 e. The van der Waals surface area contributed by atoms with Crippen molar-refractivity contribution in [3.8, 4) is 5.75 Å². The quantitative estimate of drug-likeness (QED) is 0.329. The summed E-state index contributed by atoms with van der Waals surface area (Å²) in [6, 6.07) is 17.3. The third-order valence-corrected chi connectivity index (χ3v) is 6.14. The Morgan fingerprint density at radius 1 is 0.912 bits per heavy atom. The van der Waals surface area contributed by atoms with Crippen molar-refractivity contribution >= 4 is 34.9 Å². The van der Waals surface area contributed by atoms with Crippen LogP contribution in [-0.4, -0.2) is 30.2 Å². The van der Waals surface area contributed by atoms with Gasteiger partial charge in [-0.2, -0.15) is 0 Å². The summed E-state index contributed by atoms with van der Waals surface area (Å²) < 4.78 is 11.1. The van der Waals surface area contributed by atoms with Crippen LogP contribution in [0.5, 0.6) is 5.75 Å². The predicted molar refractivity (Wildman–Crippen MR) is 138 cm³/mol. The summed E-state index contributed by atoms with van der Waals surface area (Å²) in [6.45, 7) is 1.03. The Bertz CT molecular complexity index is 912. The molecule has 2 aromatic carbocycles. The van der Waals surface area contributed by atoms with E-state index < -0.39 is 5.97 Å². The van der Waals surface area contributed by atoms with Gasteiger partial charge >= 0.3 is 5.97 Å². The maximum atomic E-state index is 12.1. The van der Waals surface area contributed by atoms with Crippen molar-refractivity contribution in [1.82, 2.24) is 5.32 Å². The van der Waals surface area contributed by atoms with Gasteiger partial charge in [0.1, 0.15) is 5.75 Å². The average Bonchev–Trinajstić information content (AvgIpc) is 2.85. The van der Waals surface area contributed by atoms with Gasteiger partial charge < -0.3 is 20.1 Å². The second-order valence-electron chi connectivity index (χ2n) is 8.62. The molecule has 0 aliphatic heterocycles. The van der Waals surface area contributed by atoms with Crippen LogP contribution in [0.1, 0.15) is 56.9 Å². The molecule has 0 atom stereocenters. The van der Waals surface area contributed by atoms with E-state index in [0.29, 0.717) is 13.0 Å². The fraction of sp³-hybridized carbons (Fsp3) is 0.444. The third-order valence-electron chi connectivity index (χ3n) is 5.94. The maximum Gasteiger partial charge on any atom is 0.306 e. The fourth-order valence-electron chi connectivity index (χ4n) is 4.02. The number of carbonyl (C=O) groups is 2. The van der Waals surface area contributed by atoms with E-state index >= 15 is 0 Å². The summed E-state index contributed by atoms with van der Waals surface area (Å²) in [7, 11) is 0. The Kier molecular flexibility index (Phi) is 10.8. The predicted octanol–water partition coefficient (Wildman–Crippen LogP) is 5.41. The minimum atomic E-state index is -0.399. The Balaban J connectivity index is 1.27. The van der Waals surface area contributed by atoms with Crippen molar-refractivity contribution in [2.45, 2.75) is 57.8 Å². The maximum absolute atomic E-state index is 12.1. The minimum absolute atomic E-state index is 0.0100. The lowest BCUT2D eigenvalue weighted by molar-refractivity contribution is -0.144.